The minimum absolute atomic E-state index is 0.0115. The highest BCUT2D eigenvalue weighted by Gasteiger charge is 2.31. The number of carboxylic acid groups (broad SMARTS) is 1. The molecular weight excluding hydrogens is 240 g/mol. The lowest BCUT2D eigenvalue weighted by Gasteiger charge is -2.36. The third-order valence-electron chi connectivity index (χ3n) is 2.84. The van der Waals surface area contributed by atoms with Gasteiger partial charge in [-0.15, -0.1) is 0 Å². The van der Waals surface area contributed by atoms with Crippen LogP contribution in [-0.2, 0) is 9.59 Å². The molecule has 6 heteroatoms. The maximum atomic E-state index is 12.1. The Morgan fingerprint density at radius 3 is 2.88 bits per heavy atom. The number of rotatable bonds is 5. The van der Waals surface area contributed by atoms with Crippen LogP contribution < -0.4 is 5.73 Å². The van der Waals surface area contributed by atoms with Gasteiger partial charge in [0.2, 0.25) is 5.91 Å². The fraction of sp³-hybridized carbons (Fsp3) is 0.818. The molecule has 17 heavy (non-hydrogen) atoms. The quantitative estimate of drug-likeness (QED) is 0.753. The molecule has 0 aromatic heterocycles. The zero-order valence-corrected chi connectivity index (χ0v) is 10.9. The SMILES string of the molecule is CCC[C@@H](N)C(=O)N1CCSCC1CC(=O)O. The first-order chi connectivity index (χ1) is 8.06. The summed E-state index contributed by atoms with van der Waals surface area (Å²) >= 11 is 1.69. The van der Waals surface area contributed by atoms with Crippen molar-refractivity contribution in [3.63, 3.8) is 0 Å². The molecule has 1 amide bonds. The van der Waals surface area contributed by atoms with Gasteiger partial charge in [-0.2, -0.15) is 11.8 Å². The molecule has 1 saturated heterocycles. The standard InChI is InChI=1S/C11H20N2O3S/c1-2-3-9(12)11(16)13-4-5-17-7-8(13)6-10(14)15/h8-9H,2-7,12H2,1H3,(H,14,15)/t8?,9-/m1/s1. The average Bonchev–Trinajstić information content (AvgIpc) is 2.28. The van der Waals surface area contributed by atoms with Crippen molar-refractivity contribution in [2.75, 3.05) is 18.1 Å². The first kappa shape index (κ1) is 14.3. The number of aliphatic carboxylic acids is 1. The number of thioether (sulfide) groups is 1. The molecule has 0 spiro atoms. The first-order valence-corrected chi connectivity index (χ1v) is 7.07. The van der Waals surface area contributed by atoms with Crippen molar-refractivity contribution in [3.05, 3.63) is 0 Å². The smallest absolute Gasteiger partial charge is 0.305 e. The lowest BCUT2D eigenvalue weighted by atomic mass is 10.1. The lowest BCUT2D eigenvalue weighted by molar-refractivity contribution is -0.140. The van der Waals surface area contributed by atoms with Gasteiger partial charge < -0.3 is 15.7 Å². The number of carbonyl (C=O) groups is 2. The second-order valence-electron chi connectivity index (χ2n) is 4.25. The third kappa shape index (κ3) is 4.20. The number of carbonyl (C=O) groups excluding carboxylic acids is 1. The Morgan fingerprint density at radius 2 is 2.29 bits per heavy atom. The van der Waals surface area contributed by atoms with Crippen molar-refractivity contribution >= 4 is 23.6 Å². The molecule has 1 rings (SSSR count). The number of hydrogen-bond donors (Lipinski definition) is 2. The Hall–Kier alpha value is -0.750. The minimum atomic E-state index is -0.862. The molecule has 1 unspecified atom stereocenters. The second-order valence-corrected chi connectivity index (χ2v) is 5.40. The summed E-state index contributed by atoms with van der Waals surface area (Å²) in [4.78, 5) is 24.5. The molecule has 0 bridgehead atoms. The molecule has 0 aromatic rings. The lowest BCUT2D eigenvalue weighted by Crippen LogP contribution is -2.52. The zero-order chi connectivity index (χ0) is 12.8. The van der Waals surface area contributed by atoms with Crippen LogP contribution in [-0.4, -0.2) is 52.0 Å². The number of nitrogens with two attached hydrogens (primary N) is 1. The number of carboxylic acids is 1. The van der Waals surface area contributed by atoms with Crippen molar-refractivity contribution in [1.29, 1.82) is 0 Å². The third-order valence-corrected chi connectivity index (χ3v) is 3.93. The van der Waals surface area contributed by atoms with Crippen LogP contribution in [0.5, 0.6) is 0 Å². The summed E-state index contributed by atoms with van der Waals surface area (Å²) in [7, 11) is 0. The van der Waals surface area contributed by atoms with E-state index in [4.69, 9.17) is 10.8 Å². The van der Waals surface area contributed by atoms with E-state index >= 15 is 0 Å². The Kier molecular flexibility index (Phi) is 5.77. The van der Waals surface area contributed by atoms with Crippen molar-refractivity contribution < 1.29 is 14.7 Å². The highest BCUT2D eigenvalue weighted by atomic mass is 32.2. The van der Waals surface area contributed by atoms with Crippen LogP contribution in [0.3, 0.4) is 0 Å². The molecule has 2 atom stereocenters. The summed E-state index contributed by atoms with van der Waals surface area (Å²) in [6, 6.07) is -0.693. The van der Waals surface area contributed by atoms with Gasteiger partial charge in [0.05, 0.1) is 18.5 Å². The summed E-state index contributed by atoms with van der Waals surface area (Å²) < 4.78 is 0. The molecule has 1 aliphatic heterocycles. The highest BCUT2D eigenvalue weighted by molar-refractivity contribution is 7.99. The summed E-state index contributed by atoms with van der Waals surface area (Å²) in [5, 5.41) is 8.83. The van der Waals surface area contributed by atoms with Crippen LogP contribution in [0.25, 0.3) is 0 Å². The van der Waals surface area contributed by atoms with Crippen LogP contribution in [0.15, 0.2) is 0 Å². The van der Waals surface area contributed by atoms with Crippen molar-refractivity contribution in [3.8, 4) is 0 Å². The van der Waals surface area contributed by atoms with Crippen molar-refractivity contribution in [2.24, 2.45) is 5.73 Å². The number of hydrogen-bond acceptors (Lipinski definition) is 4. The molecule has 1 heterocycles. The molecule has 0 saturated carbocycles. The van der Waals surface area contributed by atoms with Gasteiger partial charge in [-0.25, -0.2) is 0 Å². The number of nitrogens with zero attached hydrogens (tertiary/aromatic N) is 1. The van der Waals surface area contributed by atoms with Gasteiger partial charge in [-0.1, -0.05) is 13.3 Å². The number of amides is 1. The summed E-state index contributed by atoms with van der Waals surface area (Å²) in [5.74, 6) is 0.593. The minimum Gasteiger partial charge on any atom is -0.481 e. The molecule has 1 fully saturated rings. The molecule has 5 nitrogen and oxygen atoms in total. The normalized spacial score (nSPS) is 22.2. The second kappa shape index (κ2) is 6.86. The molecule has 3 N–H and O–H groups in total. The fourth-order valence-electron chi connectivity index (χ4n) is 1.96. The van der Waals surface area contributed by atoms with E-state index in [2.05, 4.69) is 0 Å². The molecule has 1 aliphatic rings. The van der Waals surface area contributed by atoms with Crippen LogP contribution in [0.2, 0.25) is 0 Å². The predicted molar refractivity (Wildman–Crippen MR) is 68.0 cm³/mol. The van der Waals surface area contributed by atoms with E-state index < -0.39 is 12.0 Å². The van der Waals surface area contributed by atoms with E-state index in [1.807, 2.05) is 6.92 Å². The maximum Gasteiger partial charge on any atom is 0.305 e. The van der Waals surface area contributed by atoms with E-state index in [0.717, 1.165) is 12.2 Å². The van der Waals surface area contributed by atoms with Gasteiger partial charge in [0.15, 0.2) is 0 Å². The van der Waals surface area contributed by atoms with E-state index in [9.17, 15) is 9.59 Å². The van der Waals surface area contributed by atoms with E-state index in [-0.39, 0.29) is 18.4 Å². The zero-order valence-electron chi connectivity index (χ0n) is 10.1. The van der Waals surface area contributed by atoms with E-state index in [1.165, 1.54) is 0 Å². The summed E-state index contributed by atoms with van der Waals surface area (Å²) in [6.45, 7) is 2.59. The Morgan fingerprint density at radius 1 is 1.59 bits per heavy atom. The molecule has 0 aliphatic carbocycles. The maximum absolute atomic E-state index is 12.1. The predicted octanol–water partition coefficient (Wildman–Crippen LogP) is 0.532. The van der Waals surface area contributed by atoms with Crippen LogP contribution in [0.4, 0.5) is 0 Å². The Labute approximate surface area is 106 Å². The van der Waals surface area contributed by atoms with Crippen LogP contribution in [0.1, 0.15) is 26.2 Å². The van der Waals surface area contributed by atoms with Gasteiger partial charge in [-0.3, -0.25) is 9.59 Å². The average molecular weight is 260 g/mol. The highest BCUT2D eigenvalue weighted by Crippen LogP contribution is 2.20. The van der Waals surface area contributed by atoms with Gasteiger partial charge in [0, 0.05) is 18.1 Å². The molecule has 0 radical (unpaired) electrons. The summed E-state index contributed by atoms with van der Waals surface area (Å²) in [6.07, 6.45) is 1.53. The van der Waals surface area contributed by atoms with Crippen LogP contribution in [0, 0.1) is 0 Å². The van der Waals surface area contributed by atoms with Gasteiger partial charge >= 0.3 is 5.97 Å². The van der Waals surface area contributed by atoms with Crippen molar-refractivity contribution in [1.82, 2.24) is 4.90 Å². The Bertz CT molecular complexity index is 286. The molecular formula is C11H20N2O3S. The van der Waals surface area contributed by atoms with Gasteiger partial charge in [0.25, 0.3) is 0 Å². The van der Waals surface area contributed by atoms with Crippen LogP contribution >= 0.6 is 11.8 Å². The fourth-order valence-corrected chi connectivity index (χ4v) is 3.03. The molecule has 0 aromatic carbocycles. The Balaban J connectivity index is 2.63. The van der Waals surface area contributed by atoms with Gasteiger partial charge in [-0.05, 0) is 6.42 Å². The summed E-state index contributed by atoms with van der Waals surface area (Å²) in [5.41, 5.74) is 5.81. The van der Waals surface area contributed by atoms with Crippen molar-refractivity contribution in [2.45, 2.75) is 38.3 Å². The van der Waals surface area contributed by atoms with E-state index in [1.54, 1.807) is 16.7 Å². The van der Waals surface area contributed by atoms with Gasteiger partial charge in [0.1, 0.15) is 0 Å². The largest absolute Gasteiger partial charge is 0.481 e. The topological polar surface area (TPSA) is 83.6 Å². The molecule has 98 valence electrons. The first-order valence-electron chi connectivity index (χ1n) is 5.91. The van der Waals surface area contributed by atoms with E-state index in [0.29, 0.717) is 18.7 Å². The monoisotopic (exact) mass is 260 g/mol.